The Hall–Kier alpha value is -7.59. The highest BCUT2D eigenvalue weighted by atomic mass is 32.2. The van der Waals surface area contributed by atoms with E-state index in [4.69, 9.17) is 8.22 Å². The molecule has 0 saturated carbocycles. The quantitative estimate of drug-likeness (QED) is 0.147. The van der Waals surface area contributed by atoms with Crippen LogP contribution < -0.4 is 21.3 Å². The van der Waals surface area contributed by atoms with Gasteiger partial charge in [-0.25, -0.2) is 0 Å². The lowest BCUT2D eigenvalue weighted by atomic mass is 9.33. The Morgan fingerprint density at radius 3 is 1.31 bits per heavy atom. The third-order valence-electron chi connectivity index (χ3n) is 13.1. The Morgan fingerprint density at radius 2 is 0.821 bits per heavy atom. The molecule has 0 amide bonds. The first kappa shape index (κ1) is 32.1. The van der Waals surface area contributed by atoms with Crippen LogP contribution >= 0.6 is 11.8 Å². The average molecular weight is 883 g/mol. The minimum Gasteiger partial charge on any atom is -0.310 e. The number of para-hydroxylation sites is 1. The van der Waals surface area contributed by atoms with E-state index in [0.29, 0.717) is 44.6 Å². The van der Waals surface area contributed by atoms with Crippen LogP contribution in [0.5, 0.6) is 0 Å². The third-order valence-corrected chi connectivity index (χ3v) is 14.2. The Balaban J connectivity index is 1.31. The van der Waals surface area contributed by atoms with Gasteiger partial charge in [-0.2, -0.15) is 0 Å². The van der Waals surface area contributed by atoms with E-state index in [1.54, 1.807) is 36.0 Å². The zero-order valence-electron chi connectivity index (χ0n) is 46.3. The van der Waals surface area contributed by atoms with Crippen molar-refractivity contribution >= 4 is 51.9 Å². The minimum absolute atomic E-state index is 0.0224. The van der Waals surface area contributed by atoms with Gasteiger partial charge >= 0.3 is 0 Å². The van der Waals surface area contributed by atoms with Crippen molar-refractivity contribution in [3.63, 3.8) is 0 Å². The number of benzene rings is 10. The van der Waals surface area contributed by atoms with E-state index in [0.717, 1.165) is 70.9 Å². The van der Waals surface area contributed by atoms with E-state index >= 15 is 0 Å². The van der Waals surface area contributed by atoms with E-state index in [-0.39, 0.29) is 59.8 Å². The number of fused-ring (bicyclic) bond motifs is 4. The topological polar surface area (TPSA) is 3.24 Å². The minimum atomic E-state index is -0.458. The maximum Gasteiger partial charge on any atom is 0.251 e. The van der Waals surface area contributed by atoms with Crippen LogP contribution in [0.15, 0.2) is 246 Å². The average Bonchev–Trinajstić information content (AvgIpc) is 3.47. The maximum atomic E-state index is 9.97. The van der Waals surface area contributed by atoms with E-state index < -0.39 is 6.71 Å². The van der Waals surface area contributed by atoms with Crippen molar-refractivity contribution in [3.8, 4) is 66.8 Å². The fourth-order valence-corrected chi connectivity index (χ4v) is 11.2. The van der Waals surface area contributed by atoms with Gasteiger partial charge in [0, 0.05) is 32.3 Å². The first-order valence-corrected chi connectivity index (χ1v) is 23.4. The summed E-state index contributed by atoms with van der Waals surface area (Å²) in [6, 6.07) is 58.9. The summed E-state index contributed by atoms with van der Waals surface area (Å²) >= 11 is 1.68. The monoisotopic (exact) mass is 882 g/mol. The second kappa shape index (κ2) is 16.7. The molecule has 0 atom stereocenters. The van der Waals surface area contributed by atoms with Gasteiger partial charge in [-0.3, -0.25) is 0 Å². The summed E-state index contributed by atoms with van der Waals surface area (Å²) < 4.78 is 81.7. The lowest BCUT2D eigenvalue weighted by Crippen LogP contribution is -2.61. The molecular weight excluding hydrogens is 826 g/mol. The number of hydrogen-bond donors (Lipinski definition) is 0. The first-order chi connectivity index (χ1) is 36.6. The normalized spacial score (nSPS) is 14.5. The van der Waals surface area contributed by atoms with Crippen LogP contribution in [0.3, 0.4) is 0 Å². The lowest BCUT2D eigenvalue weighted by Gasteiger charge is -2.44. The van der Waals surface area contributed by atoms with Crippen LogP contribution in [0.2, 0.25) is 0 Å². The second-order valence-electron chi connectivity index (χ2n) is 18.2. The van der Waals surface area contributed by atoms with Gasteiger partial charge in [0.15, 0.2) is 0 Å². The van der Waals surface area contributed by atoms with E-state index in [1.807, 2.05) is 97.1 Å². The summed E-state index contributed by atoms with van der Waals surface area (Å²) in [5.41, 5.74) is 14.8. The fourth-order valence-electron chi connectivity index (χ4n) is 9.91. The molecule has 0 spiro atoms. The molecule has 10 aromatic rings. The molecule has 12 rings (SSSR count). The van der Waals surface area contributed by atoms with Crippen molar-refractivity contribution in [3.05, 3.63) is 242 Å². The highest BCUT2D eigenvalue weighted by Crippen LogP contribution is 2.52. The zero-order valence-corrected chi connectivity index (χ0v) is 38.1. The molecule has 0 bridgehead atoms. The summed E-state index contributed by atoms with van der Waals surface area (Å²) in [6.45, 7) is 6.13. The number of anilines is 3. The van der Waals surface area contributed by atoms with Crippen LogP contribution in [-0.4, -0.2) is 6.71 Å². The van der Waals surface area contributed by atoms with E-state index in [1.165, 1.54) is 0 Å². The van der Waals surface area contributed by atoms with Crippen molar-refractivity contribution in [2.24, 2.45) is 0 Å². The molecule has 0 saturated heterocycles. The van der Waals surface area contributed by atoms with Gasteiger partial charge in [-0.1, -0.05) is 233 Å². The molecule has 0 aliphatic carbocycles. The predicted octanol–water partition coefficient (Wildman–Crippen LogP) is 15.8. The first-order valence-electron chi connectivity index (χ1n) is 27.1. The SMILES string of the molecule is [2H]c1cc(-c2cc3c(c(-c4ccccc4)c2)B2c4c(cc(C(C)(C)C)cc4N(c4c(-c5ccccc5)c([2H])c([2H])c([2H])c4-c4ccccc4)c4cc(-c5cc([2H])c([2H])c([2H])c5)cc(-c5ccccc5)c42)S3)cc([2H])c1[2H]. The fraction of sp³-hybridized carbons (Fsp3) is 0.0625. The van der Waals surface area contributed by atoms with Crippen molar-refractivity contribution in [1.29, 1.82) is 0 Å². The molecule has 10 aromatic carbocycles. The van der Waals surface area contributed by atoms with Crippen molar-refractivity contribution in [2.75, 3.05) is 4.90 Å². The summed E-state index contributed by atoms with van der Waals surface area (Å²) in [5, 5.41) is 0. The molecule has 0 radical (unpaired) electrons. The predicted molar refractivity (Wildman–Crippen MR) is 288 cm³/mol. The highest BCUT2D eigenvalue weighted by molar-refractivity contribution is 8.00. The van der Waals surface area contributed by atoms with Gasteiger partial charge in [-0.15, -0.1) is 0 Å². The van der Waals surface area contributed by atoms with Crippen LogP contribution in [-0.2, 0) is 5.41 Å². The third kappa shape index (κ3) is 7.22. The van der Waals surface area contributed by atoms with Gasteiger partial charge in [0.2, 0.25) is 0 Å². The van der Waals surface area contributed by atoms with Crippen molar-refractivity contribution in [1.82, 2.24) is 0 Å². The molecule has 2 heterocycles. The van der Waals surface area contributed by atoms with Crippen LogP contribution in [0, 0.1) is 0 Å². The Morgan fingerprint density at radius 1 is 0.388 bits per heavy atom. The molecule has 0 N–H and O–H groups in total. The lowest BCUT2D eigenvalue weighted by molar-refractivity contribution is 0.589. The maximum absolute atomic E-state index is 9.97. The molecule has 3 heteroatoms. The van der Waals surface area contributed by atoms with E-state index in [2.05, 4.69) is 86.3 Å². The van der Waals surface area contributed by atoms with Gasteiger partial charge < -0.3 is 4.90 Å². The van der Waals surface area contributed by atoms with Gasteiger partial charge in [0.25, 0.3) is 6.71 Å². The molecule has 2 aliphatic rings. The van der Waals surface area contributed by atoms with Crippen LogP contribution in [0.25, 0.3) is 66.8 Å². The highest BCUT2D eigenvalue weighted by Gasteiger charge is 2.45. The molecule has 1 nitrogen and oxygen atoms in total. The second-order valence-corrected chi connectivity index (χ2v) is 19.3. The summed E-state index contributed by atoms with van der Waals surface area (Å²) in [4.78, 5) is 4.24. The Bertz CT molecular complexity index is 3880. The van der Waals surface area contributed by atoms with Crippen molar-refractivity contribution in [2.45, 2.75) is 36.0 Å². The van der Waals surface area contributed by atoms with Gasteiger partial charge in [0.05, 0.1) is 18.0 Å². The summed E-state index contributed by atoms with van der Waals surface area (Å²) in [5.74, 6) is 0. The summed E-state index contributed by atoms with van der Waals surface area (Å²) in [7, 11) is 0. The molecule has 318 valence electrons. The van der Waals surface area contributed by atoms with Gasteiger partial charge in [0.1, 0.15) is 0 Å². The van der Waals surface area contributed by atoms with E-state index in [9.17, 15) is 4.11 Å². The Labute approximate surface area is 412 Å². The molecule has 0 fully saturated rings. The molecule has 67 heavy (non-hydrogen) atoms. The number of nitrogens with zero attached hydrogens (tertiary/aromatic N) is 1. The van der Waals surface area contributed by atoms with Crippen LogP contribution in [0.1, 0.15) is 38.7 Å². The molecule has 0 unspecified atom stereocenters. The van der Waals surface area contributed by atoms with Crippen LogP contribution in [0.4, 0.5) is 17.1 Å². The zero-order chi connectivity index (χ0) is 52.9. The number of hydrogen-bond acceptors (Lipinski definition) is 2. The molecule has 2 aliphatic heterocycles. The largest absolute Gasteiger partial charge is 0.310 e. The molecule has 0 aromatic heterocycles. The summed E-state index contributed by atoms with van der Waals surface area (Å²) in [6.07, 6.45) is 0. The Kier molecular flexibility index (Phi) is 8.01. The smallest absolute Gasteiger partial charge is 0.251 e. The standard InChI is InChI=1S/C64H48BNS/c1-64(2,3)51-41-57-62-59(42-51)67-58-40-50(44-25-12-5-13-26-44)38-55(48-33-20-9-21-34-48)61(58)65(62)60-54(47-31-18-8-19-32-47)37-49(43-23-10-4-11-24-43)39-56(60)66(57)63-52(45-27-14-6-15-28-45)35-22-36-53(63)46-29-16-7-17-30-46/h4-42H,1-3H3/i4D,5D,10D,11D,12D,13D,22D,35D,36D. The molecular formula is C64H48BNS. The van der Waals surface area contributed by atoms with Gasteiger partial charge in [-0.05, 0) is 119 Å². The number of rotatable bonds is 7. The van der Waals surface area contributed by atoms with Crippen molar-refractivity contribution < 1.29 is 12.3 Å².